The lowest BCUT2D eigenvalue weighted by Gasteiger charge is -2.00. The monoisotopic (exact) mass is 237 g/mol. The van der Waals surface area contributed by atoms with Crippen molar-refractivity contribution >= 4 is 22.8 Å². The number of nitrogens with one attached hydrogen (secondary N) is 1. The van der Waals surface area contributed by atoms with Crippen molar-refractivity contribution in [3.05, 3.63) is 54.2 Å². The minimum absolute atomic E-state index is 0.198. The van der Waals surface area contributed by atoms with Crippen LogP contribution in [0.25, 0.3) is 10.9 Å². The summed E-state index contributed by atoms with van der Waals surface area (Å²) in [5.41, 5.74) is 2.39. The van der Waals surface area contributed by atoms with Crippen LogP contribution in [0.4, 0.5) is 5.69 Å². The van der Waals surface area contributed by atoms with E-state index >= 15 is 0 Å². The third-order valence-electron chi connectivity index (χ3n) is 2.74. The van der Waals surface area contributed by atoms with E-state index in [0.717, 1.165) is 16.6 Å². The Morgan fingerprint density at radius 2 is 1.94 bits per heavy atom. The summed E-state index contributed by atoms with van der Waals surface area (Å²) < 4.78 is 0. The number of hydrogen-bond donors (Lipinski definition) is 2. The lowest BCUT2D eigenvalue weighted by atomic mass is 10.1. The third kappa shape index (κ3) is 1.84. The molecule has 1 aromatic heterocycles. The Morgan fingerprint density at radius 1 is 1.11 bits per heavy atom. The highest BCUT2D eigenvalue weighted by atomic mass is 16.3. The topological polar surface area (TPSA) is 61.3 Å². The van der Waals surface area contributed by atoms with Crippen molar-refractivity contribution in [2.24, 2.45) is 4.99 Å². The molecule has 88 valence electrons. The SMILES string of the molecule is Oc1ccc2[nH]ncc2c1/C=N/c1ccccc1. The van der Waals surface area contributed by atoms with Crippen LogP contribution in [0.1, 0.15) is 5.56 Å². The lowest BCUT2D eigenvalue weighted by Crippen LogP contribution is -1.83. The first-order chi connectivity index (χ1) is 8.84. The van der Waals surface area contributed by atoms with E-state index < -0.39 is 0 Å². The van der Waals surface area contributed by atoms with Gasteiger partial charge in [0, 0.05) is 17.2 Å². The molecule has 0 spiro atoms. The maximum atomic E-state index is 9.87. The van der Waals surface area contributed by atoms with Gasteiger partial charge in [-0.3, -0.25) is 10.1 Å². The van der Waals surface area contributed by atoms with Crippen molar-refractivity contribution in [1.82, 2.24) is 10.2 Å². The molecule has 0 saturated heterocycles. The molecule has 0 aliphatic heterocycles. The molecule has 2 N–H and O–H groups in total. The molecule has 4 nitrogen and oxygen atoms in total. The maximum Gasteiger partial charge on any atom is 0.125 e. The van der Waals surface area contributed by atoms with Crippen molar-refractivity contribution in [2.45, 2.75) is 0 Å². The Bertz CT molecular complexity index is 701. The van der Waals surface area contributed by atoms with Gasteiger partial charge in [0.25, 0.3) is 0 Å². The smallest absolute Gasteiger partial charge is 0.125 e. The van der Waals surface area contributed by atoms with Gasteiger partial charge in [-0.2, -0.15) is 5.10 Å². The van der Waals surface area contributed by atoms with Gasteiger partial charge >= 0.3 is 0 Å². The van der Waals surface area contributed by atoms with Gasteiger partial charge in [-0.05, 0) is 24.3 Å². The normalized spacial score (nSPS) is 11.3. The Morgan fingerprint density at radius 3 is 2.78 bits per heavy atom. The van der Waals surface area contributed by atoms with E-state index in [1.54, 1.807) is 24.5 Å². The fourth-order valence-electron chi connectivity index (χ4n) is 1.82. The third-order valence-corrected chi connectivity index (χ3v) is 2.74. The van der Waals surface area contributed by atoms with Crippen molar-refractivity contribution in [1.29, 1.82) is 0 Å². The summed E-state index contributed by atoms with van der Waals surface area (Å²) in [4.78, 5) is 4.34. The highest BCUT2D eigenvalue weighted by Gasteiger charge is 2.05. The molecule has 2 aromatic carbocycles. The Labute approximate surface area is 104 Å². The fourth-order valence-corrected chi connectivity index (χ4v) is 1.82. The maximum absolute atomic E-state index is 9.87. The number of aromatic hydroxyl groups is 1. The van der Waals surface area contributed by atoms with Gasteiger partial charge in [0.05, 0.1) is 17.4 Å². The van der Waals surface area contributed by atoms with Crippen LogP contribution in [0.5, 0.6) is 5.75 Å². The summed E-state index contributed by atoms with van der Waals surface area (Å²) >= 11 is 0. The van der Waals surface area contributed by atoms with E-state index in [-0.39, 0.29) is 5.75 Å². The van der Waals surface area contributed by atoms with Crippen molar-refractivity contribution in [3.8, 4) is 5.75 Å². The first kappa shape index (κ1) is 10.5. The van der Waals surface area contributed by atoms with E-state index in [9.17, 15) is 5.11 Å². The van der Waals surface area contributed by atoms with Crippen LogP contribution in [0.2, 0.25) is 0 Å². The summed E-state index contributed by atoms with van der Waals surface area (Å²) in [6.07, 6.45) is 3.34. The van der Waals surface area contributed by atoms with Crippen LogP contribution < -0.4 is 0 Å². The quantitative estimate of drug-likeness (QED) is 0.673. The number of aliphatic imine (C=N–C) groups is 1. The molecular weight excluding hydrogens is 226 g/mol. The molecule has 1 heterocycles. The van der Waals surface area contributed by atoms with Crippen LogP contribution in [0.15, 0.2) is 53.7 Å². The first-order valence-corrected chi connectivity index (χ1v) is 5.59. The molecule has 0 amide bonds. The number of aromatic nitrogens is 2. The minimum Gasteiger partial charge on any atom is -0.507 e. The highest BCUT2D eigenvalue weighted by molar-refractivity contribution is 6.01. The molecule has 0 saturated carbocycles. The van der Waals surface area contributed by atoms with Gasteiger partial charge in [-0.1, -0.05) is 18.2 Å². The number of para-hydroxylation sites is 1. The minimum atomic E-state index is 0.198. The number of nitrogens with zero attached hydrogens (tertiary/aromatic N) is 2. The second-order valence-electron chi connectivity index (χ2n) is 3.92. The van der Waals surface area contributed by atoms with Crippen molar-refractivity contribution in [3.63, 3.8) is 0 Å². The molecule has 0 bridgehead atoms. The van der Waals surface area contributed by atoms with Gasteiger partial charge in [-0.25, -0.2) is 0 Å². The number of hydrogen-bond acceptors (Lipinski definition) is 3. The van der Waals surface area contributed by atoms with Gasteiger partial charge in [0.2, 0.25) is 0 Å². The second-order valence-corrected chi connectivity index (χ2v) is 3.92. The summed E-state index contributed by atoms with van der Waals surface area (Å²) in [5.74, 6) is 0.198. The van der Waals surface area contributed by atoms with E-state index in [1.165, 1.54) is 0 Å². The Hall–Kier alpha value is -2.62. The predicted octanol–water partition coefficient (Wildman–Crippen LogP) is 3.02. The zero-order valence-corrected chi connectivity index (χ0v) is 9.54. The second kappa shape index (κ2) is 4.33. The van der Waals surface area contributed by atoms with E-state index in [2.05, 4.69) is 15.2 Å². The number of aromatic amines is 1. The average molecular weight is 237 g/mol. The van der Waals surface area contributed by atoms with Crippen LogP contribution >= 0.6 is 0 Å². The van der Waals surface area contributed by atoms with Gasteiger partial charge in [0.15, 0.2) is 0 Å². The molecule has 0 aliphatic carbocycles. The number of rotatable bonds is 2. The summed E-state index contributed by atoms with van der Waals surface area (Å²) in [7, 11) is 0. The fraction of sp³-hybridized carbons (Fsp3) is 0. The molecule has 4 heteroatoms. The Kier molecular flexibility index (Phi) is 2.53. The van der Waals surface area contributed by atoms with Gasteiger partial charge in [-0.15, -0.1) is 0 Å². The molecule has 0 radical (unpaired) electrons. The molecule has 3 aromatic rings. The first-order valence-electron chi connectivity index (χ1n) is 5.59. The molecular formula is C14H11N3O. The van der Waals surface area contributed by atoms with Gasteiger partial charge < -0.3 is 5.11 Å². The van der Waals surface area contributed by atoms with E-state index in [1.807, 2.05) is 30.3 Å². The zero-order chi connectivity index (χ0) is 12.4. The van der Waals surface area contributed by atoms with E-state index in [0.29, 0.717) is 5.56 Å². The lowest BCUT2D eigenvalue weighted by molar-refractivity contribution is 0.475. The molecule has 3 rings (SSSR count). The number of phenolic OH excluding ortho intramolecular Hbond substituents is 1. The van der Waals surface area contributed by atoms with Crippen molar-refractivity contribution < 1.29 is 5.11 Å². The standard InChI is InChI=1S/C14H11N3O/c18-14-7-6-13-11(9-16-17-13)12(14)8-15-10-4-2-1-3-5-10/h1-9,18H,(H,16,17)/b15-8+. The summed E-state index contributed by atoms with van der Waals surface area (Å²) in [6, 6.07) is 13.0. The number of benzene rings is 2. The summed E-state index contributed by atoms with van der Waals surface area (Å²) in [5, 5.41) is 17.6. The number of H-pyrrole nitrogens is 1. The largest absolute Gasteiger partial charge is 0.507 e. The zero-order valence-electron chi connectivity index (χ0n) is 9.54. The van der Waals surface area contributed by atoms with Gasteiger partial charge in [0.1, 0.15) is 5.75 Å². The van der Waals surface area contributed by atoms with Crippen LogP contribution in [-0.4, -0.2) is 21.5 Å². The highest BCUT2D eigenvalue weighted by Crippen LogP contribution is 2.24. The molecule has 0 fully saturated rings. The molecule has 0 aliphatic rings. The van der Waals surface area contributed by atoms with Crippen molar-refractivity contribution in [2.75, 3.05) is 0 Å². The molecule has 18 heavy (non-hydrogen) atoms. The number of phenols is 1. The summed E-state index contributed by atoms with van der Waals surface area (Å²) in [6.45, 7) is 0. The van der Waals surface area contributed by atoms with Crippen LogP contribution in [0, 0.1) is 0 Å². The number of fused-ring (bicyclic) bond motifs is 1. The van der Waals surface area contributed by atoms with Crippen LogP contribution in [-0.2, 0) is 0 Å². The average Bonchev–Trinajstić information content (AvgIpc) is 2.87. The predicted molar refractivity (Wildman–Crippen MR) is 71.5 cm³/mol. The molecule has 0 unspecified atom stereocenters. The van der Waals surface area contributed by atoms with E-state index in [4.69, 9.17) is 0 Å². The van der Waals surface area contributed by atoms with Crippen LogP contribution in [0.3, 0.4) is 0 Å². The Balaban J connectivity index is 2.07. The molecule has 0 atom stereocenters.